The normalized spacial score (nSPS) is 10.7. The van der Waals surface area contributed by atoms with Crippen molar-refractivity contribution in [2.75, 3.05) is 5.32 Å². The van der Waals surface area contributed by atoms with E-state index in [0.29, 0.717) is 12.2 Å². The van der Waals surface area contributed by atoms with Crippen molar-refractivity contribution in [2.45, 2.75) is 6.54 Å². The van der Waals surface area contributed by atoms with E-state index < -0.39 is 5.97 Å². The van der Waals surface area contributed by atoms with Crippen molar-refractivity contribution < 1.29 is 19.0 Å². The lowest BCUT2D eigenvalue weighted by molar-refractivity contribution is 0.0697. The fraction of sp³-hybridized carbons (Fsp3) is 0.0345. The summed E-state index contributed by atoms with van der Waals surface area (Å²) < 4.78 is 21.1. The summed E-state index contributed by atoms with van der Waals surface area (Å²) in [4.78, 5) is 11.2. The SMILES string of the molecule is O=C(O)c1ccc(-n2cc(CNc3ccc(Oc4ccccc4)cc3)c(-c3ccc(F)cc3)n2)cc1. The number of aromatic nitrogens is 2. The highest BCUT2D eigenvalue weighted by Gasteiger charge is 2.13. The Kier molecular flexibility index (Phi) is 6.44. The number of para-hydroxylation sites is 1. The van der Waals surface area contributed by atoms with E-state index in [1.807, 2.05) is 60.8 Å². The molecule has 1 heterocycles. The lowest BCUT2D eigenvalue weighted by Crippen LogP contribution is -2.00. The molecule has 0 amide bonds. The molecule has 0 aliphatic rings. The van der Waals surface area contributed by atoms with Crippen LogP contribution in [0.25, 0.3) is 16.9 Å². The van der Waals surface area contributed by atoms with Crippen LogP contribution < -0.4 is 10.1 Å². The zero-order valence-corrected chi connectivity index (χ0v) is 19.1. The maximum absolute atomic E-state index is 13.5. The average Bonchev–Trinajstić information content (AvgIpc) is 3.34. The van der Waals surface area contributed by atoms with Gasteiger partial charge in [-0.15, -0.1) is 0 Å². The van der Waals surface area contributed by atoms with Gasteiger partial charge in [0.2, 0.25) is 0 Å². The first-order valence-corrected chi connectivity index (χ1v) is 11.3. The Labute approximate surface area is 207 Å². The molecule has 0 aliphatic carbocycles. The number of carboxylic acids is 1. The number of benzene rings is 4. The predicted molar refractivity (Wildman–Crippen MR) is 136 cm³/mol. The summed E-state index contributed by atoms with van der Waals surface area (Å²) >= 11 is 0. The molecule has 36 heavy (non-hydrogen) atoms. The van der Waals surface area contributed by atoms with Crippen molar-refractivity contribution in [1.82, 2.24) is 9.78 Å². The van der Waals surface area contributed by atoms with Gasteiger partial charge >= 0.3 is 5.97 Å². The highest BCUT2D eigenvalue weighted by atomic mass is 19.1. The van der Waals surface area contributed by atoms with Crippen LogP contribution in [0, 0.1) is 5.82 Å². The molecule has 7 heteroatoms. The number of nitrogens with zero attached hydrogens (tertiary/aromatic N) is 2. The van der Waals surface area contributed by atoms with Gasteiger partial charge in [0.1, 0.15) is 17.3 Å². The Balaban J connectivity index is 1.37. The second-order valence-electron chi connectivity index (χ2n) is 8.10. The maximum Gasteiger partial charge on any atom is 0.335 e. The molecule has 0 saturated carbocycles. The van der Waals surface area contributed by atoms with Crippen LogP contribution in [0.3, 0.4) is 0 Å². The highest BCUT2D eigenvalue weighted by Crippen LogP contribution is 2.27. The summed E-state index contributed by atoms with van der Waals surface area (Å²) in [5, 5.41) is 17.3. The van der Waals surface area contributed by atoms with Crippen molar-refractivity contribution in [3.05, 3.63) is 126 Å². The Morgan fingerprint density at radius 2 is 1.53 bits per heavy atom. The lowest BCUT2D eigenvalue weighted by Gasteiger charge is -2.09. The number of rotatable bonds is 8. The van der Waals surface area contributed by atoms with E-state index in [-0.39, 0.29) is 11.4 Å². The second kappa shape index (κ2) is 10.1. The number of halogens is 1. The van der Waals surface area contributed by atoms with Crippen LogP contribution in [0.2, 0.25) is 0 Å². The third-order valence-electron chi connectivity index (χ3n) is 5.60. The zero-order valence-electron chi connectivity index (χ0n) is 19.1. The summed E-state index contributed by atoms with van der Waals surface area (Å²) in [5.74, 6) is 0.196. The fourth-order valence-corrected chi connectivity index (χ4v) is 3.74. The molecule has 0 aliphatic heterocycles. The van der Waals surface area contributed by atoms with Crippen molar-refractivity contribution in [2.24, 2.45) is 0 Å². The molecule has 0 bridgehead atoms. The number of hydrogen-bond acceptors (Lipinski definition) is 4. The van der Waals surface area contributed by atoms with Gasteiger partial charge in [-0.05, 0) is 84.9 Å². The van der Waals surface area contributed by atoms with Crippen LogP contribution in [0.15, 0.2) is 109 Å². The van der Waals surface area contributed by atoms with Crippen LogP contribution in [0.1, 0.15) is 15.9 Å². The smallest absolute Gasteiger partial charge is 0.335 e. The zero-order chi connectivity index (χ0) is 24.9. The van der Waals surface area contributed by atoms with E-state index in [9.17, 15) is 9.18 Å². The minimum Gasteiger partial charge on any atom is -0.478 e. The molecule has 2 N–H and O–H groups in total. The lowest BCUT2D eigenvalue weighted by atomic mass is 10.1. The van der Waals surface area contributed by atoms with Gasteiger partial charge in [-0.1, -0.05) is 18.2 Å². The van der Waals surface area contributed by atoms with Crippen molar-refractivity contribution >= 4 is 11.7 Å². The largest absolute Gasteiger partial charge is 0.478 e. The summed E-state index contributed by atoms with van der Waals surface area (Å²) in [5.41, 5.74) is 4.20. The molecule has 1 aromatic heterocycles. The number of anilines is 1. The van der Waals surface area contributed by atoms with Crippen LogP contribution in [-0.2, 0) is 6.54 Å². The molecule has 0 spiro atoms. The molecule has 5 rings (SSSR count). The number of hydrogen-bond donors (Lipinski definition) is 2. The van der Waals surface area contributed by atoms with E-state index in [0.717, 1.165) is 34.0 Å². The number of nitrogens with one attached hydrogen (secondary N) is 1. The quantitative estimate of drug-likeness (QED) is 0.257. The predicted octanol–water partition coefficient (Wildman–Crippen LogP) is 6.78. The molecule has 0 atom stereocenters. The summed E-state index contributed by atoms with van der Waals surface area (Å²) in [6.45, 7) is 0.471. The first-order chi connectivity index (χ1) is 17.5. The van der Waals surface area contributed by atoms with Gasteiger partial charge in [0.15, 0.2) is 0 Å². The van der Waals surface area contributed by atoms with E-state index in [4.69, 9.17) is 14.9 Å². The van der Waals surface area contributed by atoms with Gasteiger partial charge in [-0.25, -0.2) is 13.9 Å². The van der Waals surface area contributed by atoms with E-state index in [2.05, 4.69) is 5.32 Å². The van der Waals surface area contributed by atoms with Gasteiger partial charge in [-0.3, -0.25) is 0 Å². The standard InChI is InChI=1S/C29H22FN3O3/c30-23-10-6-20(7-11-23)28-22(19-33(32-28)25-14-8-21(9-15-25)29(34)35)18-31-24-12-16-27(17-13-24)36-26-4-2-1-3-5-26/h1-17,19,31H,18H2,(H,34,35). The first-order valence-electron chi connectivity index (χ1n) is 11.3. The van der Waals surface area contributed by atoms with Crippen LogP contribution in [0.5, 0.6) is 11.5 Å². The Hall–Kier alpha value is -4.91. The maximum atomic E-state index is 13.5. The molecule has 0 saturated heterocycles. The minimum atomic E-state index is -0.987. The van der Waals surface area contributed by atoms with Gasteiger partial charge in [0.05, 0.1) is 16.9 Å². The fourth-order valence-electron chi connectivity index (χ4n) is 3.74. The van der Waals surface area contributed by atoms with Crippen LogP contribution in [0.4, 0.5) is 10.1 Å². The van der Waals surface area contributed by atoms with Crippen LogP contribution >= 0.6 is 0 Å². The molecule has 6 nitrogen and oxygen atoms in total. The third-order valence-corrected chi connectivity index (χ3v) is 5.60. The van der Waals surface area contributed by atoms with Crippen molar-refractivity contribution in [3.63, 3.8) is 0 Å². The molecule has 178 valence electrons. The summed E-state index contributed by atoms with van der Waals surface area (Å²) in [6, 6.07) is 29.9. The Bertz CT molecular complexity index is 1460. The minimum absolute atomic E-state index is 0.200. The topological polar surface area (TPSA) is 76.4 Å². The molecule has 0 radical (unpaired) electrons. The number of ether oxygens (including phenoxy) is 1. The Morgan fingerprint density at radius 3 is 2.19 bits per heavy atom. The monoisotopic (exact) mass is 479 g/mol. The van der Waals surface area contributed by atoms with Gasteiger partial charge < -0.3 is 15.2 Å². The molecule has 5 aromatic rings. The number of carboxylic acid groups (broad SMARTS) is 1. The molecular formula is C29H22FN3O3. The number of carbonyl (C=O) groups is 1. The third kappa shape index (κ3) is 5.26. The van der Waals surface area contributed by atoms with Gasteiger partial charge in [0.25, 0.3) is 0 Å². The average molecular weight is 480 g/mol. The molecular weight excluding hydrogens is 457 g/mol. The van der Waals surface area contributed by atoms with Gasteiger partial charge in [0, 0.05) is 29.6 Å². The second-order valence-corrected chi connectivity index (χ2v) is 8.10. The molecule has 4 aromatic carbocycles. The first kappa shape index (κ1) is 22.9. The van der Waals surface area contributed by atoms with Crippen molar-refractivity contribution in [3.8, 4) is 28.4 Å². The van der Waals surface area contributed by atoms with E-state index in [1.165, 1.54) is 24.3 Å². The van der Waals surface area contributed by atoms with Crippen LogP contribution in [-0.4, -0.2) is 20.9 Å². The highest BCUT2D eigenvalue weighted by molar-refractivity contribution is 5.87. The summed E-state index contributed by atoms with van der Waals surface area (Å²) in [7, 11) is 0. The molecule has 0 unspecified atom stereocenters. The van der Waals surface area contributed by atoms with E-state index in [1.54, 1.807) is 28.9 Å². The van der Waals surface area contributed by atoms with Crippen molar-refractivity contribution in [1.29, 1.82) is 0 Å². The van der Waals surface area contributed by atoms with E-state index >= 15 is 0 Å². The number of aromatic carboxylic acids is 1. The summed E-state index contributed by atoms with van der Waals surface area (Å²) in [6.07, 6.45) is 1.88. The molecule has 0 fully saturated rings. The Morgan fingerprint density at radius 1 is 0.861 bits per heavy atom. The van der Waals surface area contributed by atoms with Gasteiger partial charge in [-0.2, -0.15) is 5.10 Å².